The van der Waals surface area contributed by atoms with E-state index in [0.29, 0.717) is 18.0 Å². The maximum Gasteiger partial charge on any atom is 0.416 e. The Kier molecular flexibility index (Phi) is 6.77. The number of piperidine rings is 1. The Bertz CT molecular complexity index is 898. The summed E-state index contributed by atoms with van der Waals surface area (Å²) in [6.07, 6.45) is -0.682. The van der Waals surface area contributed by atoms with E-state index in [1.807, 2.05) is 17.0 Å². The molecule has 0 saturated carbocycles. The van der Waals surface area contributed by atoms with Crippen LogP contribution in [0.3, 0.4) is 0 Å². The number of thioether (sulfide) groups is 1. The van der Waals surface area contributed by atoms with Gasteiger partial charge in [-0.2, -0.15) is 13.2 Å². The molecule has 0 radical (unpaired) electrons. The van der Waals surface area contributed by atoms with Crippen LogP contribution in [-0.2, 0) is 11.0 Å². The first kappa shape index (κ1) is 22.0. The summed E-state index contributed by atoms with van der Waals surface area (Å²) in [5.74, 6) is 1.21. The fourth-order valence-electron chi connectivity index (χ4n) is 3.98. The van der Waals surface area contributed by atoms with Gasteiger partial charge in [-0.1, -0.05) is 24.6 Å². The minimum Gasteiger partial charge on any atom is -0.457 e. The van der Waals surface area contributed by atoms with Crippen molar-refractivity contribution in [2.24, 2.45) is 0 Å². The van der Waals surface area contributed by atoms with Crippen molar-refractivity contribution in [2.75, 3.05) is 31.9 Å². The molecule has 1 atom stereocenters. The molecule has 4 nitrogen and oxygen atoms in total. The molecule has 1 unspecified atom stereocenters. The summed E-state index contributed by atoms with van der Waals surface area (Å²) in [5.41, 5.74) is 0.248. The van der Waals surface area contributed by atoms with Crippen molar-refractivity contribution in [2.45, 2.75) is 30.8 Å². The highest BCUT2D eigenvalue weighted by atomic mass is 32.2. The summed E-state index contributed by atoms with van der Waals surface area (Å²) in [6, 6.07) is 12.1. The van der Waals surface area contributed by atoms with E-state index in [1.54, 1.807) is 23.9 Å². The lowest BCUT2D eigenvalue weighted by Crippen LogP contribution is -2.39. The van der Waals surface area contributed by atoms with Crippen LogP contribution in [0.2, 0.25) is 0 Å². The van der Waals surface area contributed by atoms with Crippen LogP contribution >= 0.6 is 11.8 Å². The lowest BCUT2D eigenvalue weighted by atomic mass is 10.1. The summed E-state index contributed by atoms with van der Waals surface area (Å²) in [6.45, 7) is 3.79. The number of benzene rings is 2. The summed E-state index contributed by atoms with van der Waals surface area (Å²) in [4.78, 5) is 16.8. The molecule has 1 amide bonds. The van der Waals surface area contributed by atoms with E-state index in [-0.39, 0.29) is 17.0 Å². The minimum absolute atomic E-state index is 0.0418. The first-order valence-electron chi connectivity index (χ1n) is 10.5. The molecule has 2 aliphatic heterocycles. The number of amides is 1. The van der Waals surface area contributed by atoms with Gasteiger partial charge in [0.05, 0.1) is 11.3 Å². The van der Waals surface area contributed by atoms with Gasteiger partial charge in [0.2, 0.25) is 5.91 Å². The fourth-order valence-corrected chi connectivity index (χ4v) is 5.20. The van der Waals surface area contributed by atoms with E-state index in [0.717, 1.165) is 37.3 Å². The van der Waals surface area contributed by atoms with E-state index in [4.69, 9.17) is 4.74 Å². The monoisotopic (exact) mass is 450 g/mol. The van der Waals surface area contributed by atoms with Crippen molar-refractivity contribution in [3.8, 4) is 11.5 Å². The quantitative estimate of drug-likeness (QED) is 0.577. The van der Waals surface area contributed by atoms with Crippen LogP contribution in [-0.4, -0.2) is 47.6 Å². The van der Waals surface area contributed by atoms with Crippen LogP contribution in [0.4, 0.5) is 13.2 Å². The summed E-state index contributed by atoms with van der Waals surface area (Å²) in [7, 11) is 0. The van der Waals surface area contributed by atoms with Crippen molar-refractivity contribution in [3.05, 3.63) is 59.7 Å². The zero-order chi connectivity index (χ0) is 21.8. The maximum atomic E-state index is 12.9. The first-order valence-corrected chi connectivity index (χ1v) is 11.5. The normalized spacial score (nSPS) is 20.3. The summed E-state index contributed by atoms with van der Waals surface area (Å²) < 4.78 is 44.3. The molecule has 0 N–H and O–H groups in total. The lowest BCUT2D eigenvalue weighted by molar-refractivity contribution is -0.137. The van der Waals surface area contributed by atoms with Crippen LogP contribution in [0.15, 0.2) is 48.5 Å². The van der Waals surface area contributed by atoms with Crippen molar-refractivity contribution in [3.63, 3.8) is 0 Å². The highest BCUT2D eigenvalue weighted by Gasteiger charge is 2.33. The smallest absolute Gasteiger partial charge is 0.416 e. The van der Waals surface area contributed by atoms with Gasteiger partial charge in [0.1, 0.15) is 16.9 Å². The Morgan fingerprint density at radius 1 is 0.968 bits per heavy atom. The van der Waals surface area contributed by atoms with Gasteiger partial charge in [-0.25, -0.2) is 0 Å². The molecule has 8 heteroatoms. The molecule has 2 saturated heterocycles. The molecule has 31 heavy (non-hydrogen) atoms. The Labute approximate surface area is 184 Å². The Hall–Kier alpha value is -2.19. The second-order valence-corrected chi connectivity index (χ2v) is 8.92. The second-order valence-electron chi connectivity index (χ2n) is 7.85. The van der Waals surface area contributed by atoms with Crippen molar-refractivity contribution < 1.29 is 22.7 Å². The van der Waals surface area contributed by atoms with Gasteiger partial charge >= 0.3 is 6.18 Å². The molecule has 2 aromatic rings. The van der Waals surface area contributed by atoms with Crippen LogP contribution in [0.1, 0.15) is 35.8 Å². The molecular weight excluding hydrogens is 425 g/mol. The lowest BCUT2D eigenvalue weighted by Gasteiger charge is -2.30. The molecular formula is C23H25F3N2O2S. The molecule has 4 rings (SSSR count). The predicted molar refractivity (Wildman–Crippen MR) is 115 cm³/mol. The van der Waals surface area contributed by atoms with Gasteiger partial charge in [0.15, 0.2) is 0 Å². The van der Waals surface area contributed by atoms with E-state index >= 15 is 0 Å². The third-order valence-electron chi connectivity index (χ3n) is 5.64. The number of rotatable bonds is 6. The molecule has 2 aliphatic rings. The molecule has 0 aromatic heterocycles. The van der Waals surface area contributed by atoms with Crippen LogP contribution in [0.5, 0.6) is 11.5 Å². The zero-order valence-electron chi connectivity index (χ0n) is 17.1. The number of alkyl halides is 3. The van der Waals surface area contributed by atoms with Gasteiger partial charge in [0, 0.05) is 13.1 Å². The molecule has 0 aliphatic carbocycles. The third-order valence-corrected chi connectivity index (χ3v) is 6.89. The standard InChI is InChI=1S/C23H25F3N2O2S/c24-23(25,26)18-5-4-6-20(15-18)30-19-9-7-17(8-10-19)22-28(21(29)16-31-22)14-13-27-11-2-1-3-12-27/h4-10,15,22H,1-3,11-14,16H2. The van der Waals surface area contributed by atoms with Crippen LogP contribution in [0.25, 0.3) is 0 Å². The van der Waals surface area contributed by atoms with E-state index < -0.39 is 11.7 Å². The first-order chi connectivity index (χ1) is 14.9. The number of nitrogens with zero attached hydrogens (tertiary/aromatic N) is 2. The van der Waals surface area contributed by atoms with Gasteiger partial charge in [0.25, 0.3) is 0 Å². The topological polar surface area (TPSA) is 32.8 Å². The summed E-state index contributed by atoms with van der Waals surface area (Å²) in [5, 5.41) is -0.0418. The fraction of sp³-hybridized carbons (Fsp3) is 0.435. The molecule has 0 spiro atoms. The van der Waals surface area contributed by atoms with E-state index in [1.165, 1.54) is 31.4 Å². The highest BCUT2D eigenvalue weighted by molar-refractivity contribution is 8.00. The highest BCUT2D eigenvalue weighted by Crippen LogP contribution is 2.39. The second kappa shape index (κ2) is 9.53. The van der Waals surface area contributed by atoms with Crippen molar-refractivity contribution >= 4 is 17.7 Å². The van der Waals surface area contributed by atoms with Gasteiger partial charge in [-0.05, 0) is 61.8 Å². The minimum atomic E-state index is -4.41. The third kappa shape index (κ3) is 5.54. The van der Waals surface area contributed by atoms with E-state index in [9.17, 15) is 18.0 Å². The number of ether oxygens (including phenoxy) is 1. The average molecular weight is 451 g/mol. The number of likely N-dealkylation sites (tertiary alicyclic amines) is 1. The number of hydrogen-bond acceptors (Lipinski definition) is 4. The Morgan fingerprint density at radius 2 is 1.71 bits per heavy atom. The van der Waals surface area contributed by atoms with Crippen molar-refractivity contribution in [1.82, 2.24) is 9.80 Å². The molecule has 2 fully saturated rings. The van der Waals surface area contributed by atoms with Crippen LogP contribution < -0.4 is 4.74 Å². The number of carbonyl (C=O) groups is 1. The summed E-state index contributed by atoms with van der Waals surface area (Å²) >= 11 is 1.60. The SMILES string of the molecule is O=C1CSC(c2ccc(Oc3cccc(C(F)(F)F)c3)cc2)N1CCN1CCCCC1. The largest absolute Gasteiger partial charge is 0.457 e. The van der Waals surface area contributed by atoms with Gasteiger partial charge in [-0.15, -0.1) is 11.8 Å². The predicted octanol–water partition coefficient (Wildman–Crippen LogP) is 5.56. The Morgan fingerprint density at radius 3 is 2.42 bits per heavy atom. The van der Waals surface area contributed by atoms with Gasteiger partial charge in [-0.3, -0.25) is 4.79 Å². The molecule has 0 bridgehead atoms. The zero-order valence-corrected chi connectivity index (χ0v) is 17.9. The van der Waals surface area contributed by atoms with Crippen LogP contribution in [0, 0.1) is 0 Å². The van der Waals surface area contributed by atoms with Crippen molar-refractivity contribution in [1.29, 1.82) is 0 Å². The number of halogens is 3. The van der Waals surface area contributed by atoms with Gasteiger partial charge < -0.3 is 14.5 Å². The molecule has 2 aromatic carbocycles. The maximum absolute atomic E-state index is 12.9. The number of hydrogen-bond donors (Lipinski definition) is 0. The molecule has 2 heterocycles. The number of carbonyl (C=O) groups excluding carboxylic acids is 1. The average Bonchev–Trinajstić information content (AvgIpc) is 3.13. The Balaban J connectivity index is 1.40. The van der Waals surface area contributed by atoms with E-state index in [2.05, 4.69) is 4.90 Å². The molecule has 166 valence electrons.